The van der Waals surface area contributed by atoms with Gasteiger partial charge in [-0.2, -0.15) is 0 Å². The fraction of sp³-hybridized carbons (Fsp3) is 0.433. The molecule has 1 aliphatic carbocycles. The first-order chi connectivity index (χ1) is 18.0. The van der Waals surface area contributed by atoms with Gasteiger partial charge in [0.15, 0.2) is 5.75 Å². The number of carbonyl (C=O) groups excluding carboxylic acids is 2. The van der Waals surface area contributed by atoms with Gasteiger partial charge in [0.05, 0.1) is 10.9 Å². The maximum atomic E-state index is 12.9. The largest absolute Gasteiger partial charge is 0.444 e. The zero-order valence-corrected chi connectivity index (χ0v) is 23.0. The first-order valence-corrected chi connectivity index (χ1v) is 13.4. The summed E-state index contributed by atoms with van der Waals surface area (Å²) in [5.74, 6) is -0.166. The van der Waals surface area contributed by atoms with Crippen molar-refractivity contribution in [3.05, 3.63) is 74.6 Å². The molecule has 1 amide bonds. The molecule has 0 saturated heterocycles. The topological polar surface area (TPSA) is 94.8 Å². The van der Waals surface area contributed by atoms with Crippen molar-refractivity contribution in [1.82, 2.24) is 5.32 Å². The minimum atomic E-state index is -0.540. The molecule has 202 valence electrons. The van der Waals surface area contributed by atoms with E-state index in [0.29, 0.717) is 42.3 Å². The van der Waals surface area contributed by atoms with Crippen LogP contribution >= 0.6 is 11.6 Å². The van der Waals surface area contributed by atoms with E-state index in [1.54, 1.807) is 6.07 Å². The average molecular weight is 540 g/mol. The molecule has 7 nitrogen and oxygen atoms in total. The van der Waals surface area contributed by atoms with Crippen molar-refractivity contribution in [1.29, 1.82) is 0 Å². The monoisotopic (exact) mass is 539 g/mol. The highest BCUT2D eigenvalue weighted by atomic mass is 35.5. The quantitative estimate of drug-likeness (QED) is 0.216. The number of ether oxygens (including phenoxy) is 2. The Bertz CT molecular complexity index is 1370. The second-order valence-electron chi connectivity index (χ2n) is 11.0. The highest BCUT2D eigenvalue weighted by Crippen LogP contribution is 2.35. The lowest BCUT2D eigenvalue weighted by atomic mass is 9.82. The van der Waals surface area contributed by atoms with Crippen LogP contribution in [0.25, 0.3) is 11.0 Å². The van der Waals surface area contributed by atoms with Crippen LogP contribution in [0.4, 0.5) is 4.79 Å². The predicted molar refractivity (Wildman–Crippen MR) is 147 cm³/mol. The molecule has 2 aromatic carbocycles. The third-order valence-corrected chi connectivity index (χ3v) is 7.18. The number of alkyl carbamates (subject to hydrolysis) is 1. The van der Waals surface area contributed by atoms with E-state index in [1.165, 1.54) is 6.07 Å². The summed E-state index contributed by atoms with van der Waals surface area (Å²) in [4.78, 5) is 37.6. The lowest BCUT2D eigenvalue weighted by Gasteiger charge is -2.28. The van der Waals surface area contributed by atoms with Gasteiger partial charge < -0.3 is 19.2 Å². The number of hydrogen-bond donors (Lipinski definition) is 1. The van der Waals surface area contributed by atoms with Gasteiger partial charge in [-0.3, -0.25) is 4.79 Å². The van der Waals surface area contributed by atoms with Gasteiger partial charge in [-0.1, -0.05) is 41.9 Å². The molecule has 0 unspecified atom stereocenters. The van der Waals surface area contributed by atoms with Crippen LogP contribution in [0.5, 0.6) is 5.75 Å². The standard InChI is InChI=1S/C30H34ClNO6/c1-18-22-15-24(31)26(16-25(22)36-28(34)23(18)14-19-8-6-5-7-9-19)37-27(33)21-12-10-20(11-13-21)17-32-29(35)38-30(2,3)4/h5-9,15-16,20-21H,10-14,17H2,1-4H3,(H,32,35). The molecule has 0 aliphatic heterocycles. The molecule has 0 radical (unpaired) electrons. The van der Waals surface area contributed by atoms with Crippen LogP contribution < -0.4 is 15.7 Å². The molecule has 1 fully saturated rings. The normalized spacial score (nSPS) is 17.7. The molecular weight excluding hydrogens is 506 g/mol. The summed E-state index contributed by atoms with van der Waals surface area (Å²) in [7, 11) is 0. The maximum Gasteiger partial charge on any atom is 0.407 e. The summed E-state index contributed by atoms with van der Waals surface area (Å²) < 4.78 is 16.6. The molecule has 38 heavy (non-hydrogen) atoms. The van der Waals surface area contributed by atoms with Crippen molar-refractivity contribution in [3.63, 3.8) is 0 Å². The molecule has 8 heteroatoms. The minimum Gasteiger partial charge on any atom is -0.444 e. The molecule has 0 bridgehead atoms. The fourth-order valence-corrected chi connectivity index (χ4v) is 5.01. The molecule has 1 heterocycles. The summed E-state index contributed by atoms with van der Waals surface area (Å²) in [6, 6.07) is 12.9. The minimum absolute atomic E-state index is 0.177. The number of aryl methyl sites for hydroxylation is 1. The van der Waals surface area contributed by atoms with Crippen molar-refractivity contribution < 1.29 is 23.5 Å². The maximum absolute atomic E-state index is 12.9. The van der Waals surface area contributed by atoms with E-state index >= 15 is 0 Å². The van der Waals surface area contributed by atoms with Crippen molar-refractivity contribution >= 4 is 34.6 Å². The highest BCUT2D eigenvalue weighted by molar-refractivity contribution is 6.33. The predicted octanol–water partition coefficient (Wildman–Crippen LogP) is 6.58. The first-order valence-electron chi connectivity index (χ1n) is 13.0. The Kier molecular flexibility index (Phi) is 8.46. The SMILES string of the molecule is Cc1c(Cc2ccccc2)c(=O)oc2cc(OC(=O)C3CCC(CNC(=O)OC(C)(C)C)CC3)c(Cl)cc12. The van der Waals surface area contributed by atoms with Crippen LogP contribution in [0, 0.1) is 18.8 Å². The Morgan fingerprint density at radius 1 is 1.08 bits per heavy atom. The van der Waals surface area contributed by atoms with E-state index in [1.807, 2.05) is 58.0 Å². The van der Waals surface area contributed by atoms with Gasteiger partial charge in [0.25, 0.3) is 0 Å². The summed E-state index contributed by atoms with van der Waals surface area (Å²) >= 11 is 6.50. The Morgan fingerprint density at radius 2 is 1.76 bits per heavy atom. The number of nitrogens with one attached hydrogen (secondary N) is 1. The van der Waals surface area contributed by atoms with E-state index in [0.717, 1.165) is 24.0 Å². The summed E-state index contributed by atoms with van der Waals surface area (Å²) in [5.41, 5.74) is 1.74. The number of fused-ring (bicyclic) bond motifs is 1. The fourth-order valence-electron chi connectivity index (χ4n) is 4.81. The number of amides is 1. The lowest BCUT2D eigenvalue weighted by Crippen LogP contribution is -2.36. The van der Waals surface area contributed by atoms with Crippen molar-refractivity contribution in [2.24, 2.45) is 11.8 Å². The number of benzene rings is 2. The summed E-state index contributed by atoms with van der Waals surface area (Å²) in [6.07, 6.45) is 2.91. The van der Waals surface area contributed by atoms with Crippen LogP contribution in [0.1, 0.15) is 63.1 Å². The molecule has 0 atom stereocenters. The van der Waals surface area contributed by atoms with Crippen LogP contribution in [-0.2, 0) is 16.0 Å². The van der Waals surface area contributed by atoms with Crippen molar-refractivity contribution in [2.45, 2.75) is 65.4 Å². The first kappa shape index (κ1) is 27.7. The number of halogens is 1. The van der Waals surface area contributed by atoms with Crippen molar-refractivity contribution in [2.75, 3.05) is 6.54 Å². The second kappa shape index (κ2) is 11.6. The van der Waals surface area contributed by atoms with Crippen LogP contribution in [0.15, 0.2) is 51.7 Å². The summed E-state index contributed by atoms with van der Waals surface area (Å²) in [5, 5.41) is 3.80. The Balaban J connectivity index is 1.39. The highest BCUT2D eigenvalue weighted by Gasteiger charge is 2.29. The van der Waals surface area contributed by atoms with Crippen LogP contribution in [-0.4, -0.2) is 24.2 Å². The Morgan fingerprint density at radius 3 is 2.42 bits per heavy atom. The summed E-state index contributed by atoms with van der Waals surface area (Å²) in [6.45, 7) is 7.85. The number of esters is 1. The van der Waals surface area contributed by atoms with Gasteiger partial charge in [0, 0.05) is 30.0 Å². The van der Waals surface area contributed by atoms with Gasteiger partial charge in [0.2, 0.25) is 0 Å². The Labute approximate surface area is 227 Å². The average Bonchev–Trinajstić information content (AvgIpc) is 2.86. The van der Waals surface area contributed by atoms with Gasteiger partial charge in [-0.05, 0) is 76.5 Å². The van der Waals surface area contributed by atoms with Gasteiger partial charge in [-0.25, -0.2) is 9.59 Å². The smallest absolute Gasteiger partial charge is 0.407 e. The molecular formula is C30H34ClNO6. The number of carbonyl (C=O) groups is 2. The molecule has 1 aromatic heterocycles. The Hall–Kier alpha value is -3.32. The third-order valence-electron chi connectivity index (χ3n) is 6.89. The van der Waals surface area contributed by atoms with E-state index in [-0.39, 0.29) is 28.6 Å². The molecule has 3 aromatic rings. The van der Waals surface area contributed by atoms with Crippen LogP contribution in [0.2, 0.25) is 5.02 Å². The van der Waals surface area contributed by atoms with Gasteiger partial charge in [0.1, 0.15) is 11.2 Å². The van der Waals surface area contributed by atoms with Crippen LogP contribution in [0.3, 0.4) is 0 Å². The van der Waals surface area contributed by atoms with Crippen molar-refractivity contribution in [3.8, 4) is 5.75 Å². The molecule has 0 spiro atoms. The van der Waals surface area contributed by atoms with Gasteiger partial charge in [-0.15, -0.1) is 0 Å². The molecule has 4 rings (SSSR count). The van der Waals surface area contributed by atoms with E-state index < -0.39 is 17.3 Å². The van der Waals surface area contributed by atoms with Gasteiger partial charge >= 0.3 is 17.7 Å². The molecule has 1 N–H and O–H groups in total. The third kappa shape index (κ3) is 6.95. The molecule has 1 aliphatic rings. The lowest BCUT2D eigenvalue weighted by molar-refractivity contribution is -0.140. The second-order valence-corrected chi connectivity index (χ2v) is 11.4. The van der Waals surface area contributed by atoms with E-state index in [9.17, 15) is 14.4 Å². The van der Waals surface area contributed by atoms with E-state index in [2.05, 4.69) is 5.32 Å². The number of rotatable bonds is 6. The van der Waals surface area contributed by atoms with E-state index in [4.69, 9.17) is 25.5 Å². The zero-order chi connectivity index (χ0) is 27.4. The number of hydrogen-bond acceptors (Lipinski definition) is 6. The zero-order valence-electron chi connectivity index (χ0n) is 22.3. The molecule has 1 saturated carbocycles.